The highest BCUT2D eigenvalue weighted by Crippen LogP contribution is 2.24. The van der Waals surface area contributed by atoms with Crippen LogP contribution in [0.5, 0.6) is 0 Å². The first-order chi connectivity index (χ1) is 13.2. The number of carbonyl (C=O) groups is 1. The molecule has 1 aromatic heterocycles. The Morgan fingerprint density at radius 1 is 1.22 bits per heavy atom. The molecule has 0 atom stereocenters. The first-order valence-electron chi connectivity index (χ1n) is 9.55. The maximum atomic E-state index is 11.8. The number of para-hydroxylation sites is 1. The second-order valence-corrected chi connectivity index (χ2v) is 6.42. The predicted octanol–water partition coefficient (Wildman–Crippen LogP) is 3.67. The van der Waals surface area contributed by atoms with Crippen molar-refractivity contribution >= 4 is 23.5 Å². The molecule has 7 heteroatoms. The van der Waals surface area contributed by atoms with Crippen LogP contribution < -0.4 is 10.2 Å². The van der Waals surface area contributed by atoms with Gasteiger partial charge in [-0.15, -0.1) is 0 Å². The van der Waals surface area contributed by atoms with E-state index in [4.69, 9.17) is 9.72 Å². The number of anilines is 3. The van der Waals surface area contributed by atoms with Gasteiger partial charge in [0.2, 0.25) is 5.95 Å². The van der Waals surface area contributed by atoms with E-state index in [1.807, 2.05) is 31.2 Å². The summed E-state index contributed by atoms with van der Waals surface area (Å²) in [6.45, 7) is 6.52. The van der Waals surface area contributed by atoms with E-state index >= 15 is 0 Å². The van der Waals surface area contributed by atoms with Crippen LogP contribution in [0.3, 0.4) is 0 Å². The lowest BCUT2D eigenvalue weighted by Crippen LogP contribution is -2.42. The van der Waals surface area contributed by atoms with Gasteiger partial charge in [-0.1, -0.05) is 18.2 Å². The number of amides is 1. The average molecular weight is 369 g/mol. The van der Waals surface area contributed by atoms with E-state index in [9.17, 15) is 4.79 Å². The van der Waals surface area contributed by atoms with Crippen LogP contribution in [0.25, 0.3) is 0 Å². The lowest BCUT2D eigenvalue weighted by Gasteiger charge is -2.31. The predicted molar refractivity (Wildman–Crippen MR) is 106 cm³/mol. The van der Waals surface area contributed by atoms with Gasteiger partial charge in [0.15, 0.2) is 0 Å². The molecule has 2 aromatic rings. The van der Waals surface area contributed by atoms with Crippen LogP contribution in [-0.4, -0.2) is 53.2 Å². The summed E-state index contributed by atoms with van der Waals surface area (Å²) in [5.41, 5.74) is 1.10. The molecule has 7 nitrogen and oxygen atoms in total. The van der Waals surface area contributed by atoms with E-state index in [1.54, 1.807) is 11.1 Å². The molecule has 0 unspecified atom stereocenters. The normalized spacial score (nSPS) is 14.7. The largest absolute Gasteiger partial charge is 0.450 e. The monoisotopic (exact) mass is 369 g/mol. The van der Waals surface area contributed by atoms with Crippen molar-refractivity contribution < 1.29 is 9.53 Å². The zero-order valence-electron chi connectivity index (χ0n) is 16.0. The summed E-state index contributed by atoms with van der Waals surface area (Å²) in [7, 11) is 0. The van der Waals surface area contributed by atoms with Crippen molar-refractivity contribution in [2.75, 3.05) is 36.5 Å². The van der Waals surface area contributed by atoms with E-state index in [1.165, 1.54) is 0 Å². The third-order valence-electron chi connectivity index (χ3n) is 4.66. The van der Waals surface area contributed by atoms with Gasteiger partial charge in [0.25, 0.3) is 0 Å². The fourth-order valence-electron chi connectivity index (χ4n) is 3.26. The molecule has 0 aliphatic carbocycles. The Morgan fingerprint density at radius 3 is 2.63 bits per heavy atom. The summed E-state index contributed by atoms with van der Waals surface area (Å²) in [5.74, 6) is 1.49. The van der Waals surface area contributed by atoms with Crippen LogP contribution in [-0.2, 0) is 4.74 Å². The van der Waals surface area contributed by atoms with Crippen molar-refractivity contribution in [1.29, 1.82) is 0 Å². The van der Waals surface area contributed by atoms with Crippen LogP contribution in [0.2, 0.25) is 0 Å². The van der Waals surface area contributed by atoms with E-state index < -0.39 is 0 Å². The van der Waals surface area contributed by atoms with Crippen LogP contribution >= 0.6 is 0 Å². The molecular formula is C20H27N5O2. The highest BCUT2D eigenvalue weighted by atomic mass is 16.6. The number of likely N-dealkylation sites (tertiary alicyclic amines) is 1. The van der Waals surface area contributed by atoms with Crippen molar-refractivity contribution in [2.45, 2.75) is 32.7 Å². The van der Waals surface area contributed by atoms with Crippen LogP contribution in [0.1, 0.15) is 26.7 Å². The summed E-state index contributed by atoms with van der Waals surface area (Å²) >= 11 is 0. The lowest BCUT2D eigenvalue weighted by molar-refractivity contribution is 0.0983. The zero-order chi connectivity index (χ0) is 19.1. The van der Waals surface area contributed by atoms with Gasteiger partial charge in [-0.25, -0.2) is 9.78 Å². The van der Waals surface area contributed by atoms with Crippen molar-refractivity contribution in [3.05, 3.63) is 42.6 Å². The van der Waals surface area contributed by atoms with Gasteiger partial charge in [0.05, 0.1) is 6.61 Å². The van der Waals surface area contributed by atoms with E-state index in [2.05, 4.69) is 34.3 Å². The summed E-state index contributed by atoms with van der Waals surface area (Å²) < 4.78 is 5.07. The second-order valence-electron chi connectivity index (χ2n) is 6.42. The smallest absolute Gasteiger partial charge is 0.409 e. The quantitative estimate of drug-likeness (QED) is 0.838. The molecule has 1 aromatic carbocycles. The molecule has 1 N–H and O–H groups in total. The first-order valence-corrected chi connectivity index (χ1v) is 9.55. The summed E-state index contributed by atoms with van der Waals surface area (Å²) in [5, 5.41) is 3.42. The standard InChI is InChI=1S/C20H27N5O2/c1-3-25(17-8-6-5-7-9-17)18-10-13-21-19(23-18)22-16-11-14-24(15-12-16)20(26)27-4-2/h5-10,13,16H,3-4,11-12,14-15H2,1-2H3,(H,21,22,23). The summed E-state index contributed by atoms with van der Waals surface area (Å²) in [6.07, 6.45) is 3.26. The van der Waals surface area contributed by atoms with Gasteiger partial charge in [-0.05, 0) is 44.9 Å². The second kappa shape index (κ2) is 9.21. The molecule has 1 fully saturated rings. The molecule has 0 spiro atoms. The van der Waals surface area contributed by atoms with Crippen molar-refractivity contribution in [2.24, 2.45) is 0 Å². The van der Waals surface area contributed by atoms with Gasteiger partial charge in [0, 0.05) is 37.6 Å². The molecule has 144 valence electrons. The summed E-state index contributed by atoms with van der Waals surface area (Å²) in [6, 6.07) is 12.4. The highest BCUT2D eigenvalue weighted by Gasteiger charge is 2.24. The number of ether oxygens (including phenoxy) is 1. The van der Waals surface area contributed by atoms with E-state index in [0.29, 0.717) is 25.6 Å². The fraction of sp³-hybridized carbons (Fsp3) is 0.450. The van der Waals surface area contributed by atoms with Crippen molar-refractivity contribution in [1.82, 2.24) is 14.9 Å². The third kappa shape index (κ3) is 4.87. The number of benzene rings is 1. The Labute approximate surface area is 160 Å². The minimum absolute atomic E-state index is 0.226. The van der Waals surface area contributed by atoms with Crippen LogP contribution in [0, 0.1) is 0 Å². The minimum Gasteiger partial charge on any atom is -0.450 e. The third-order valence-corrected chi connectivity index (χ3v) is 4.66. The van der Waals surface area contributed by atoms with Gasteiger partial charge < -0.3 is 19.9 Å². The minimum atomic E-state index is -0.226. The number of nitrogens with one attached hydrogen (secondary N) is 1. The number of carbonyl (C=O) groups excluding carboxylic acids is 1. The number of hydrogen-bond acceptors (Lipinski definition) is 6. The Morgan fingerprint density at radius 2 is 1.96 bits per heavy atom. The topological polar surface area (TPSA) is 70.6 Å². The van der Waals surface area contributed by atoms with Crippen molar-refractivity contribution in [3.8, 4) is 0 Å². The number of nitrogens with zero attached hydrogens (tertiary/aromatic N) is 4. The fourth-order valence-corrected chi connectivity index (χ4v) is 3.26. The van der Waals surface area contributed by atoms with Gasteiger partial charge >= 0.3 is 6.09 Å². The molecule has 1 aliphatic rings. The van der Waals surface area contributed by atoms with Crippen LogP contribution in [0.15, 0.2) is 42.6 Å². The first kappa shape index (κ1) is 18.9. The number of rotatable bonds is 6. The Hall–Kier alpha value is -2.83. The molecule has 1 saturated heterocycles. The molecule has 0 radical (unpaired) electrons. The number of hydrogen-bond donors (Lipinski definition) is 1. The molecular weight excluding hydrogens is 342 g/mol. The van der Waals surface area contributed by atoms with E-state index in [0.717, 1.165) is 30.9 Å². The highest BCUT2D eigenvalue weighted by molar-refractivity contribution is 5.67. The SMILES string of the molecule is CCOC(=O)N1CCC(Nc2nccc(N(CC)c3ccccc3)n2)CC1. The average Bonchev–Trinajstić information content (AvgIpc) is 2.70. The summed E-state index contributed by atoms with van der Waals surface area (Å²) in [4.78, 5) is 24.8. The number of piperidine rings is 1. The molecule has 27 heavy (non-hydrogen) atoms. The molecule has 0 saturated carbocycles. The lowest BCUT2D eigenvalue weighted by atomic mass is 10.1. The molecule has 0 bridgehead atoms. The maximum Gasteiger partial charge on any atom is 0.409 e. The molecule has 3 rings (SSSR count). The Kier molecular flexibility index (Phi) is 6.46. The zero-order valence-corrected chi connectivity index (χ0v) is 16.0. The van der Waals surface area contributed by atoms with Crippen molar-refractivity contribution in [3.63, 3.8) is 0 Å². The Balaban J connectivity index is 1.62. The van der Waals surface area contributed by atoms with E-state index in [-0.39, 0.29) is 12.1 Å². The molecule has 2 heterocycles. The van der Waals surface area contributed by atoms with Crippen LogP contribution in [0.4, 0.5) is 22.2 Å². The number of aromatic nitrogens is 2. The molecule has 1 amide bonds. The van der Waals surface area contributed by atoms with Gasteiger partial charge in [-0.3, -0.25) is 0 Å². The maximum absolute atomic E-state index is 11.8. The van der Waals surface area contributed by atoms with Gasteiger partial charge in [0.1, 0.15) is 5.82 Å². The molecule has 1 aliphatic heterocycles. The Bertz CT molecular complexity index is 732. The van der Waals surface area contributed by atoms with Gasteiger partial charge in [-0.2, -0.15) is 4.98 Å².